The molecule has 0 unspecified atom stereocenters. The van der Waals surface area contributed by atoms with Crippen LogP contribution in [0.25, 0.3) is 0 Å². The summed E-state index contributed by atoms with van der Waals surface area (Å²) in [5, 5.41) is 6.03. The van der Waals surface area contributed by atoms with Crippen LogP contribution in [0, 0.1) is 20.8 Å². The maximum Gasteiger partial charge on any atom is 0.255 e. The van der Waals surface area contributed by atoms with E-state index in [1.165, 1.54) is 10.6 Å². The Balaban J connectivity index is 1.75. The number of anilines is 2. The van der Waals surface area contributed by atoms with Crippen LogP contribution in [0.15, 0.2) is 53.3 Å². The first-order chi connectivity index (χ1) is 14.3. The number of hydrogen-bond donors (Lipinski definition) is 2. The first kappa shape index (κ1) is 21.1. The molecule has 7 nitrogen and oxygen atoms in total. The van der Waals surface area contributed by atoms with Gasteiger partial charge in [-0.15, -0.1) is 0 Å². The van der Waals surface area contributed by atoms with Crippen molar-refractivity contribution in [1.82, 2.24) is 14.9 Å². The van der Waals surface area contributed by atoms with Crippen LogP contribution in [0.3, 0.4) is 0 Å². The van der Waals surface area contributed by atoms with Gasteiger partial charge in [-0.3, -0.25) is 14.2 Å². The first-order valence-electron chi connectivity index (χ1n) is 9.67. The van der Waals surface area contributed by atoms with Gasteiger partial charge in [0.2, 0.25) is 11.9 Å². The summed E-state index contributed by atoms with van der Waals surface area (Å²) in [6.07, 6.45) is 0. The van der Waals surface area contributed by atoms with E-state index in [1.807, 2.05) is 50.2 Å². The fourth-order valence-electron chi connectivity index (χ4n) is 3.19. The van der Waals surface area contributed by atoms with E-state index in [-0.39, 0.29) is 18.0 Å². The fourth-order valence-corrected chi connectivity index (χ4v) is 3.19. The van der Waals surface area contributed by atoms with Crippen LogP contribution in [-0.2, 0) is 17.9 Å². The molecule has 0 saturated carbocycles. The molecule has 0 spiro atoms. The van der Waals surface area contributed by atoms with Gasteiger partial charge in [0, 0.05) is 24.0 Å². The molecule has 0 radical (unpaired) electrons. The van der Waals surface area contributed by atoms with Gasteiger partial charge in [-0.25, -0.2) is 4.98 Å². The monoisotopic (exact) mass is 406 g/mol. The zero-order chi connectivity index (χ0) is 21.7. The Morgan fingerprint density at radius 2 is 1.70 bits per heavy atom. The van der Waals surface area contributed by atoms with E-state index in [1.54, 1.807) is 14.0 Å². The molecule has 1 amide bonds. The lowest BCUT2D eigenvalue weighted by Crippen LogP contribution is -2.33. The molecule has 0 aliphatic heterocycles. The molecule has 0 aliphatic rings. The molecule has 7 heteroatoms. The SMILES string of the molecule is COc1ccc(CNC(=O)Cn2c(Nc3cc(C)cc(C)c3)nc(C)cc2=O)cc1. The second kappa shape index (κ2) is 9.26. The highest BCUT2D eigenvalue weighted by molar-refractivity contribution is 5.76. The number of carbonyl (C=O) groups excluding carboxylic acids is 1. The smallest absolute Gasteiger partial charge is 0.255 e. The van der Waals surface area contributed by atoms with Gasteiger partial charge in [0.15, 0.2) is 0 Å². The molecule has 0 fully saturated rings. The van der Waals surface area contributed by atoms with Crippen LogP contribution in [0.2, 0.25) is 0 Å². The molecule has 3 aromatic rings. The molecule has 0 atom stereocenters. The molecule has 0 aliphatic carbocycles. The number of aromatic nitrogens is 2. The predicted octanol–water partition coefficient (Wildman–Crippen LogP) is 3.24. The number of nitrogens with one attached hydrogen (secondary N) is 2. The number of ether oxygens (including phenoxy) is 1. The van der Waals surface area contributed by atoms with Gasteiger partial charge in [-0.1, -0.05) is 18.2 Å². The van der Waals surface area contributed by atoms with Crippen molar-refractivity contribution >= 4 is 17.5 Å². The van der Waals surface area contributed by atoms with Crippen molar-refractivity contribution in [3.63, 3.8) is 0 Å². The molecule has 2 aromatic carbocycles. The zero-order valence-corrected chi connectivity index (χ0v) is 17.7. The Morgan fingerprint density at radius 3 is 2.33 bits per heavy atom. The minimum atomic E-state index is -0.283. The Kier molecular flexibility index (Phi) is 6.51. The Hall–Kier alpha value is -3.61. The minimum absolute atomic E-state index is 0.130. The van der Waals surface area contributed by atoms with E-state index < -0.39 is 0 Å². The van der Waals surface area contributed by atoms with Crippen molar-refractivity contribution in [2.75, 3.05) is 12.4 Å². The summed E-state index contributed by atoms with van der Waals surface area (Å²) in [6, 6.07) is 14.9. The number of rotatable bonds is 7. The maximum atomic E-state index is 12.6. The Bertz CT molecular complexity index is 1080. The molecule has 3 rings (SSSR count). The van der Waals surface area contributed by atoms with Crippen LogP contribution >= 0.6 is 0 Å². The van der Waals surface area contributed by atoms with Gasteiger partial charge < -0.3 is 15.4 Å². The quantitative estimate of drug-likeness (QED) is 0.629. The van der Waals surface area contributed by atoms with Gasteiger partial charge in [0.05, 0.1) is 7.11 Å². The van der Waals surface area contributed by atoms with Gasteiger partial charge in [-0.05, 0) is 61.7 Å². The molecule has 156 valence electrons. The summed E-state index contributed by atoms with van der Waals surface area (Å²) in [6.45, 7) is 5.98. The molecule has 30 heavy (non-hydrogen) atoms. The average molecular weight is 406 g/mol. The summed E-state index contributed by atoms with van der Waals surface area (Å²) in [4.78, 5) is 29.5. The number of methoxy groups -OCH3 is 1. The zero-order valence-electron chi connectivity index (χ0n) is 17.7. The molecule has 1 heterocycles. The largest absolute Gasteiger partial charge is 0.497 e. The Labute approximate surface area is 175 Å². The van der Waals surface area contributed by atoms with Crippen LogP contribution in [0.5, 0.6) is 5.75 Å². The third-order valence-corrected chi connectivity index (χ3v) is 4.56. The van der Waals surface area contributed by atoms with Gasteiger partial charge in [0.1, 0.15) is 12.3 Å². The van der Waals surface area contributed by atoms with Crippen molar-refractivity contribution in [1.29, 1.82) is 0 Å². The maximum absolute atomic E-state index is 12.6. The highest BCUT2D eigenvalue weighted by atomic mass is 16.5. The lowest BCUT2D eigenvalue weighted by Gasteiger charge is -2.15. The third-order valence-electron chi connectivity index (χ3n) is 4.56. The lowest BCUT2D eigenvalue weighted by atomic mass is 10.1. The van der Waals surface area contributed by atoms with Crippen LogP contribution < -0.4 is 20.9 Å². The van der Waals surface area contributed by atoms with E-state index in [0.717, 1.165) is 28.1 Å². The minimum Gasteiger partial charge on any atom is -0.497 e. The summed E-state index contributed by atoms with van der Waals surface area (Å²) in [5.74, 6) is 0.816. The highest BCUT2D eigenvalue weighted by Crippen LogP contribution is 2.18. The van der Waals surface area contributed by atoms with Crippen molar-refractivity contribution in [2.45, 2.75) is 33.9 Å². The lowest BCUT2D eigenvalue weighted by molar-refractivity contribution is -0.121. The summed E-state index contributed by atoms with van der Waals surface area (Å²) >= 11 is 0. The van der Waals surface area contributed by atoms with E-state index >= 15 is 0 Å². The second-order valence-corrected chi connectivity index (χ2v) is 7.27. The molecule has 2 N–H and O–H groups in total. The number of amides is 1. The third kappa shape index (κ3) is 5.47. The van der Waals surface area contributed by atoms with Crippen molar-refractivity contribution in [3.05, 3.63) is 81.3 Å². The van der Waals surface area contributed by atoms with Gasteiger partial charge in [0.25, 0.3) is 5.56 Å². The van der Waals surface area contributed by atoms with Crippen molar-refractivity contribution in [2.24, 2.45) is 0 Å². The molecular formula is C23H26N4O3. The first-order valence-corrected chi connectivity index (χ1v) is 9.67. The van der Waals surface area contributed by atoms with E-state index in [4.69, 9.17) is 4.74 Å². The topological polar surface area (TPSA) is 85.2 Å². The highest BCUT2D eigenvalue weighted by Gasteiger charge is 2.12. The van der Waals surface area contributed by atoms with Crippen LogP contribution in [0.4, 0.5) is 11.6 Å². The van der Waals surface area contributed by atoms with E-state index in [2.05, 4.69) is 21.7 Å². The number of hydrogen-bond acceptors (Lipinski definition) is 5. The predicted molar refractivity (Wildman–Crippen MR) is 117 cm³/mol. The Morgan fingerprint density at radius 1 is 1.03 bits per heavy atom. The molecule has 0 bridgehead atoms. The normalized spacial score (nSPS) is 10.5. The van der Waals surface area contributed by atoms with Crippen molar-refractivity contribution < 1.29 is 9.53 Å². The van der Waals surface area contributed by atoms with Crippen molar-refractivity contribution in [3.8, 4) is 5.75 Å². The van der Waals surface area contributed by atoms with Crippen LogP contribution in [-0.4, -0.2) is 22.6 Å². The average Bonchev–Trinajstić information content (AvgIpc) is 2.68. The number of nitrogens with zero attached hydrogens (tertiary/aromatic N) is 2. The number of benzene rings is 2. The van der Waals surface area contributed by atoms with E-state index in [0.29, 0.717) is 18.2 Å². The van der Waals surface area contributed by atoms with Crippen LogP contribution in [0.1, 0.15) is 22.4 Å². The molecule has 0 saturated heterocycles. The summed E-state index contributed by atoms with van der Waals surface area (Å²) in [5.41, 5.74) is 4.24. The van der Waals surface area contributed by atoms with E-state index in [9.17, 15) is 9.59 Å². The summed E-state index contributed by atoms with van der Waals surface area (Å²) < 4.78 is 6.48. The fraction of sp³-hybridized carbons (Fsp3) is 0.261. The standard InChI is InChI=1S/C23H26N4O3/c1-15-9-16(2)11-19(10-15)26-23-25-17(3)12-22(29)27(23)14-21(28)24-13-18-5-7-20(30-4)8-6-18/h5-12H,13-14H2,1-4H3,(H,24,28)(H,25,26). The summed E-state index contributed by atoms with van der Waals surface area (Å²) in [7, 11) is 1.60. The molecular weight excluding hydrogens is 380 g/mol. The number of aryl methyl sites for hydroxylation is 3. The second-order valence-electron chi connectivity index (χ2n) is 7.27. The number of carbonyl (C=O) groups is 1. The van der Waals surface area contributed by atoms with Gasteiger partial charge in [-0.2, -0.15) is 0 Å². The van der Waals surface area contributed by atoms with Gasteiger partial charge >= 0.3 is 0 Å². The molecule has 1 aromatic heterocycles.